The summed E-state index contributed by atoms with van der Waals surface area (Å²) in [7, 11) is 1.84. The second-order valence-electron chi connectivity index (χ2n) is 8.74. The van der Waals surface area contributed by atoms with E-state index in [1.165, 1.54) is 29.9 Å². The Labute approximate surface area is 212 Å². The number of nitrogens with zero attached hydrogens (tertiary/aromatic N) is 6. The molecule has 0 spiro atoms. The van der Waals surface area contributed by atoms with Crippen molar-refractivity contribution in [1.82, 2.24) is 30.0 Å². The first kappa shape index (κ1) is 27.1. The number of hydrogen-bond donors (Lipinski definition) is 2. The van der Waals surface area contributed by atoms with E-state index >= 15 is 0 Å². The van der Waals surface area contributed by atoms with Gasteiger partial charge in [-0.25, -0.2) is 24.4 Å². The molecule has 0 radical (unpaired) electrons. The van der Waals surface area contributed by atoms with Gasteiger partial charge in [0.2, 0.25) is 5.82 Å². The predicted octanol–water partition coefficient (Wildman–Crippen LogP) is 2.47. The molecule has 4 rings (SSSR count). The molecule has 1 fully saturated rings. The first-order valence-corrected chi connectivity index (χ1v) is 11.4. The number of fused-ring (bicyclic) bond motifs is 1. The van der Waals surface area contributed by atoms with Gasteiger partial charge in [0, 0.05) is 50.1 Å². The van der Waals surface area contributed by atoms with Gasteiger partial charge in [-0.2, -0.15) is 22.0 Å². The Morgan fingerprint density at radius 2 is 1.92 bits per heavy atom. The first-order valence-electron chi connectivity index (χ1n) is 11.4. The number of carbonyl (C=O) groups excluding carboxylic acids is 2. The third-order valence-corrected chi connectivity index (χ3v) is 5.73. The monoisotopic (exact) mass is 542 g/mol. The maximum atomic E-state index is 14.1. The minimum atomic E-state index is -5.24. The Bertz CT molecular complexity index is 1370. The summed E-state index contributed by atoms with van der Waals surface area (Å²) in [5, 5.41) is 10.6. The molecule has 1 aliphatic rings. The summed E-state index contributed by atoms with van der Waals surface area (Å²) in [6.07, 6.45) is -3.02. The molecular weight excluding hydrogens is 519 g/mol. The number of alkyl halides is 5. The number of nitrogens with one attached hydrogen (secondary N) is 2. The van der Waals surface area contributed by atoms with Crippen molar-refractivity contribution < 1.29 is 36.3 Å². The molecule has 0 aromatic carbocycles. The number of hydrogen-bond acceptors (Lipinski definition) is 9. The van der Waals surface area contributed by atoms with Gasteiger partial charge in [0.05, 0.1) is 10.9 Å². The summed E-state index contributed by atoms with van der Waals surface area (Å²) in [6, 6.07) is 3.02. The average Bonchev–Trinajstić information content (AvgIpc) is 3.45. The van der Waals surface area contributed by atoms with Crippen LogP contribution in [0.3, 0.4) is 0 Å². The molecule has 11 nitrogen and oxygen atoms in total. The highest BCUT2D eigenvalue weighted by Gasteiger charge is 2.41. The number of esters is 1. The molecule has 4 heterocycles. The Morgan fingerprint density at radius 3 is 2.55 bits per heavy atom. The van der Waals surface area contributed by atoms with Crippen LogP contribution in [0.25, 0.3) is 16.7 Å². The summed E-state index contributed by atoms with van der Waals surface area (Å²) >= 11 is 0. The summed E-state index contributed by atoms with van der Waals surface area (Å²) in [5.41, 5.74) is 0.594. The fourth-order valence-electron chi connectivity index (χ4n) is 3.91. The molecule has 204 valence electrons. The van der Waals surface area contributed by atoms with Crippen LogP contribution in [0, 0.1) is 6.92 Å². The molecule has 2 N–H and O–H groups in total. The molecule has 1 unspecified atom stereocenters. The second-order valence-corrected chi connectivity index (χ2v) is 8.74. The van der Waals surface area contributed by atoms with Gasteiger partial charge in [0.15, 0.2) is 18.2 Å². The van der Waals surface area contributed by atoms with E-state index in [4.69, 9.17) is 0 Å². The zero-order valence-corrected chi connectivity index (χ0v) is 20.4. The van der Waals surface area contributed by atoms with Gasteiger partial charge in [-0.3, -0.25) is 4.79 Å². The van der Waals surface area contributed by atoms with Gasteiger partial charge in [-0.05, 0) is 20.4 Å². The van der Waals surface area contributed by atoms with Crippen molar-refractivity contribution >= 4 is 34.4 Å². The van der Waals surface area contributed by atoms with Crippen LogP contribution in [0.1, 0.15) is 24.9 Å². The summed E-state index contributed by atoms with van der Waals surface area (Å²) < 4.78 is 70.3. The molecule has 3 aromatic rings. The van der Waals surface area contributed by atoms with Gasteiger partial charge in [0.25, 0.3) is 5.91 Å². The molecule has 1 atom stereocenters. The minimum Gasteiger partial charge on any atom is -0.449 e. The van der Waals surface area contributed by atoms with Crippen molar-refractivity contribution in [2.45, 2.75) is 38.4 Å². The van der Waals surface area contributed by atoms with E-state index < -0.39 is 36.4 Å². The van der Waals surface area contributed by atoms with Crippen LogP contribution >= 0.6 is 0 Å². The van der Waals surface area contributed by atoms with Crippen LogP contribution in [0.5, 0.6) is 0 Å². The van der Waals surface area contributed by atoms with E-state index in [0.717, 1.165) is 6.42 Å². The molecule has 0 saturated carbocycles. The average molecular weight is 542 g/mol. The number of amides is 1. The number of pyridine rings is 1. The largest absolute Gasteiger partial charge is 0.490 e. The highest BCUT2D eigenvalue weighted by atomic mass is 19.4. The van der Waals surface area contributed by atoms with E-state index in [1.807, 2.05) is 11.9 Å². The van der Waals surface area contributed by atoms with Crippen LogP contribution in [-0.4, -0.2) is 75.6 Å². The Balaban J connectivity index is 1.72. The normalized spacial score (nSPS) is 16.2. The fraction of sp³-hybridized carbons (Fsp3) is 0.455. The lowest BCUT2D eigenvalue weighted by Crippen LogP contribution is -2.29. The first-order chi connectivity index (χ1) is 17.8. The smallest absolute Gasteiger partial charge is 0.449 e. The molecular formula is C22H23F5N8O3. The lowest BCUT2D eigenvalue weighted by molar-refractivity contribution is -0.199. The molecule has 3 aromatic heterocycles. The van der Waals surface area contributed by atoms with Crippen LogP contribution in [0.4, 0.5) is 33.6 Å². The van der Waals surface area contributed by atoms with Crippen LogP contribution < -0.4 is 15.5 Å². The van der Waals surface area contributed by atoms with E-state index in [2.05, 4.69) is 35.4 Å². The zero-order valence-electron chi connectivity index (χ0n) is 20.4. The molecule has 38 heavy (non-hydrogen) atoms. The standard InChI is InChI=1S/C22H23F5N8O3/c1-11-6-16(32-19(30-11)21(2,23)24)35-14-7-15(31-17(36)10-38-20(37)22(25,26)27)29-8-13(14)18(33-35)34-5-4-12(9-34)28-3/h6-8,12,28H,4-5,9-10H2,1-3H3,(H,29,31,36). The van der Waals surface area contributed by atoms with Gasteiger partial charge >= 0.3 is 18.1 Å². The van der Waals surface area contributed by atoms with E-state index in [1.54, 1.807) is 0 Å². The fourth-order valence-corrected chi connectivity index (χ4v) is 3.91. The van der Waals surface area contributed by atoms with Gasteiger partial charge in [-0.1, -0.05) is 0 Å². The van der Waals surface area contributed by atoms with Gasteiger partial charge < -0.3 is 20.3 Å². The molecule has 0 bridgehead atoms. The molecule has 1 saturated heterocycles. The number of likely N-dealkylation sites (N-methyl/N-ethyl adjacent to an activating group) is 1. The molecule has 16 heteroatoms. The number of anilines is 2. The van der Waals surface area contributed by atoms with Crippen LogP contribution in [0.15, 0.2) is 18.3 Å². The maximum absolute atomic E-state index is 14.1. The van der Waals surface area contributed by atoms with Crippen molar-refractivity contribution in [3.05, 3.63) is 29.8 Å². The van der Waals surface area contributed by atoms with Crippen molar-refractivity contribution in [2.75, 3.05) is 37.0 Å². The Kier molecular flexibility index (Phi) is 7.18. The number of halogens is 5. The summed E-state index contributed by atoms with van der Waals surface area (Å²) in [5.74, 6) is -7.16. The quantitative estimate of drug-likeness (QED) is 0.342. The summed E-state index contributed by atoms with van der Waals surface area (Å²) in [4.78, 5) is 36.9. The van der Waals surface area contributed by atoms with Crippen molar-refractivity contribution in [1.29, 1.82) is 0 Å². The number of aromatic nitrogens is 5. The Morgan fingerprint density at radius 1 is 1.18 bits per heavy atom. The van der Waals surface area contributed by atoms with Gasteiger partial charge in [-0.15, -0.1) is 5.10 Å². The number of rotatable bonds is 7. The maximum Gasteiger partial charge on any atom is 0.490 e. The third-order valence-electron chi connectivity index (χ3n) is 5.73. The highest BCUT2D eigenvalue weighted by molar-refractivity contribution is 5.96. The highest BCUT2D eigenvalue weighted by Crippen LogP contribution is 2.32. The van der Waals surface area contributed by atoms with Crippen molar-refractivity contribution in [3.63, 3.8) is 0 Å². The summed E-state index contributed by atoms with van der Waals surface area (Å²) in [6.45, 7) is 2.28. The molecule has 0 aliphatic carbocycles. The molecule has 1 aliphatic heterocycles. The predicted molar refractivity (Wildman–Crippen MR) is 124 cm³/mol. The van der Waals surface area contributed by atoms with E-state index in [0.29, 0.717) is 36.7 Å². The molecule has 1 amide bonds. The number of aryl methyl sites for hydroxylation is 1. The minimum absolute atomic E-state index is 0.0391. The zero-order chi connectivity index (χ0) is 27.8. The van der Waals surface area contributed by atoms with E-state index in [-0.39, 0.29) is 23.4 Å². The topological polar surface area (TPSA) is 127 Å². The van der Waals surface area contributed by atoms with Crippen LogP contribution in [-0.2, 0) is 20.2 Å². The number of carbonyl (C=O) groups is 2. The lowest BCUT2D eigenvalue weighted by atomic mass is 10.3. The lowest BCUT2D eigenvalue weighted by Gasteiger charge is -2.15. The van der Waals surface area contributed by atoms with E-state index in [9.17, 15) is 31.5 Å². The SMILES string of the molecule is CNC1CCN(c2nn(-c3cc(C)nc(C(C)(F)F)n3)c3cc(NC(=O)COC(=O)C(F)(F)F)ncc23)C1. The van der Waals surface area contributed by atoms with Crippen molar-refractivity contribution in [2.24, 2.45) is 0 Å². The van der Waals surface area contributed by atoms with Gasteiger partial charge in [0.1, 0.15) is 5.82 Å². The van der Waals surface area contributed by atoms with Crippen LogP contribution in [0.2, 0.25) is 0 Å². The number of ether oxygens (including phenoxy) is 1. The Hall–Kier alpha value is -3.95. The second kappa shape index (κ2) is 10.1. The third kappa shape index (κ3) is 5.79. The van der Waals surface area contributed by atoms with Crippen molar-refractivity contribution in [3.8, 4) is 5.82 Å².